The zero-order chi connectivity index (χ0) is 16.5. The Kier molecular flexibility index (Phi) is 2.97. The van der Waals surface area contributed by atoms with E-state index in [0.717, 1.165) is 42.2 Å². The van der Waals surface area contributed by atoms with Crippen LogP contribution in [0.15, 0.2) is 12.1 Å². The van der Waals surface area contributed by atoms with Crippen molar-refractivity contribution >= 4 is 11.8 Å². The molecule has 122 valence electrons. The lowest BCUT2D eigenvalue weighted by atomic mass is 9.45. The van der Waals surface area contributed by atoms with Crippen LogP contribution in [0.5, 0.6) is 0 Å². The van der Waals surface area contributed by atoms with Crippen molar-refractivity contribution in [2.24, 2.45) is 23.2 Å². The van der Waals surface area contributed by atoms with Crippen molar-refractivity contribution in [3.8, 4) is 0 Å². The van der Waals surface area contributed by atoms with E-state index < -0.39 is 34.6 Å². The Hall–Kier alpha value is -1.78. The molecule has 0 spiro atoms. The van der Waals surface area contributed by atoms with Crippen LogP contribution in [-0.2, 0) is 0 Å². The zero-order valence-electron chi connectivity index (χ0n) is 13.2. The van der Waals surface area contributed by atoms with E-state index in [9.17, 15) is 18.4 Å². The van der Waals surface area contributed by atoms with E-state index in [1.54, 1.807) is 0 Å². The van der Waals surface area contributed by atoms with Gasteiger partial charge in [-0.1, -0.05) is 13.8 Å². The Morgan fingerprint density at radius 2 is 1.65 bits per heavy atom. The van der Waals surface area contributed by atoms with Crippen LogP contribution in [0.4, 0.5) is 8.78 Å². The van der Waals surface area contributed by atoms with E-state index in [0.29, 0.717) is 5.92 Å². The summed E-state index contributed by atoms with van der Waals surface area (Å²) in [6.07, 6.45) is 3.20. The summed E-state index contributed by atoms with van der Waals surface area (Å²) in [5.74, 6) is -1.61. The number of benzene rings is 1. The normalized spacial score (nSPS) is 31.1. The highest BCUT2D eigenvalue weighted by molar-refractivity contribution is 6.21. The molecule has 3 fully saturated rings. The zero-order valence-corrected chi connectivity index (χ0v) is 13.2. The van der Waals surface area contributed by atoms with Gasteiger partial charge in [0.1, 0.15) is 11.6 Å². The van der Waals surface area contributed by atoms with Crippen LogP contribution in [0.25, 0.3) is 0 Å². The Morgan fingerprint density at radius 1 is 1.09 bits per heavy atom. The Bertz CT molecular complexity index is 685. The second-order valence-corrected chi connectivity index (χ2v) is 7.70. The average Bonchev–Trinajstić information content (AvgIpc) is 2.77. The third-order valence-corrected chi connectivity index (χ3v) is 6.44. The summed E-state index contributed by atoms with van der Waals surface area (Å²) in [5, 5.41) is 0. The largest absolute Gasteiger partial charge is 0.274 e. The van der Waals surface area contributed by atoms with Gasteiger partial charge in [-0.25, -0.2) is 8.78 Å². The molecule has 1 aromatic carbocycles. The van der Waals surface area contributed by atoms with Gasteiger partial charge >= 0.3 is 0 Å². The van der Waals surface area contributed by atoms with Crippen LogP contribution in [0.3, 0.4) is 0 Å². The molecule has 0 saturated heterocycles. The van der Waals surface area contributed by atoms with Gasteiger partial charge < -0.3 is 0 Å². The van der Waals surface area contributed by atoms with Crippen LogP contribution in [0.1, 0.15) is 53.8 Å². The molecule has 5 heteroatoms. The maximum Gasteiger partial charge on any atom is 0.264 e. The molecule has 3 nitrogen and oxygen atoms in total. The number of imide groups is 1. The average molecular weight is 319 g/mol. The van der Waals surface area contributed by atoms with Gasteiger partial charge in [-0.05, 0) is 54.6 Å². The molecule has 3 saturated carbocycles. The summed E-state index contributed by atoms with van der Waals surface area (Å²) in [6, 6.07) is 1.81. The van der Waals surface area contributed by atoms with Crippen LogP contribution < -0.4 is 0 Å². The van der Waals surface area contributed by atoms with Crippen molar-refractivity contribution in [3.05, 3.63) is 34.9 Å². The van der Waals surface area contributed by atoms with E-state index in [4.69, 9.17) is 0 Å². The van der Waals surface area contributed by atoms with Gasteiger partial charge in [-0.2, -0.15) is 0 Å². The highest BCUT2D eigenvalue weighted by atomic mass is 19.1. The summed E-state index contributed by atoms with van der Waals surface area (Å²) in [5.41, 5.74) is -0.578. The lowest BCUT2D eigenvalue weighted by Crippen LogP contribution is -2.55. The fourth-order valence-electron chi connectivity index (χ4n) is 4.91. The molecule has 1 heterocycles. The number of rotatable bonds is 2. The van der Waals surface area contributed by atoms with Crippen LogP contribution in [-0.4, -0.2) is 23.3 Å². The molecule has 4 aliphatic rings. The van der Waals surface area contributed by atoms with Gasteiger partial charge in [0.25, 0.3) is 11.8 Å². The SMILES string of the molecule is CC1(C)[C@H]2CC[C@@H](CN3C(=O)c4c(F)ccc(F)c4C3=O)[C@@H]1C2. The molecule has 0 radical (unpaired) electrons. The number of nitrogens with zero attached hydrogens (tertiary/aromatic N) is 1. The lowest BCUT2D eigenvalue weighted by molar-refractivity contribution is -0.107. The number of carbonyl (C=O) groups is 2. The molecule has 1 aliphatic heterocycles. The first-order valence-corrected chi connectivity index (χ1v) is 8.16. The van der Waals surface area contributed by atoms with Gasteiger partial charge in [0.15, 0.2) is 0 Å². The number of fused-ring (bicyclic) bond motifs is 3. The molecular weight excluding hydrogens is 300 g/mol. The van der Waals surface area contributed by atoms with Gasteiger partial charge in [0, 0.05) is 6.54 Å². The molecule has 5 rings (SSSR count). The first-order valence-electron chi connectivity index (χ1n) is 8.16. The Balaban J connectivity index is 1.62. The molecule has 0 N–H and O–H groups in total. The maximum atomic E-state index is 13.9. The van der Waals surface area contributed by atoms with Crippen molar-refractivity contribution in [2.45, 2.75) is 33.1 Å². The Morgan fingerprint density at radius 3 is 2.13 bits per heavy atom. The molecule has 2 bridgehead atoms. The number of amides is 2. The fraction of sp³-hybridized carbons (Fsp3) is 0.556. The van der Waals surface area contributed by atoms with Gasteiger partial charge in [0.2, 0.25) is 0 Å². The first-order chi connectivity index (χ1) is 10.8. The topological polar surface area (TPSA) is 37.4 Å². The number of halogens is 2. The molecule has 2 amide bonds. The molecular formula is C18H19F2NO2. The summed E-state index contributed by atoms with van der Waals surface area (Å²) >= 11 is 0. The fourth-order valence-corrected chi connectivity index (χ4v) is 4.91. The number of hydrogen-bond acceptors (Lipinski definition) is 2. The first kappa shape index (κ1) is 14.8. The third-order valence-electron chi connectivity index (χ3n) is 6.44. The molecule has 23 heavy (non-hydrogen) atoms. The minimum absolute atomic E-state index is 0.225. The van der Waals surface area contributed by atoms with Gasteiger partial charge in [0.05, 0.1) is 11.1 Å². The van der Waals surface area contributed by atoms with Crippen LogP contribution in [0.2, 0.25) is 0 Å². The Labute approximate surface area is 133 Å². The van der Waals surface area contributed by atoms with E-state index >= 15 is 0 Å². The molecule has 3 aliphatic carbocycles. The summed E-state index contributed by atoms with van der Waals surface area (Å²) in [7, 11) is 0. The van der Waals surface area contributed by atoms with E-state index in [1.807, 2.05) is 0 Å². The number of hydrogen-bond donors (Lipinski definition) is 0. The quantitative estimate of drug-likeness (QED) is 0.781. The third kappa shape index (κ3) is 1.85. The van der Waals surface area contributed by atoms with Crippen molar-refractivity contribution in [1.29, 1.82) is 0 Å². The second kappa shape index (κ2) is 4.62. The van der Waals surface area contributed by atoms with E-state index in [2.05, 4.69) is 13.8 Å². The van der Waals surface area contributed by atoms with E-state index in [-0.39, 0.29) is 17.9 Å². The van der Waals surface area contributed by atoms with Crippen molar-refractivity contribution < 1.29 is 18.4 Å². The monoisotopic (exact) mass is 319 g/mol. The van der Waals surface area contributed by atoms with Gasteiger partial charge in [-0.15, -0.1) is 0 Å². The predicted octanol–water partition coefficient (Wildman–Crippen LogP) is 3.63. The van der Waals surface area contributed by atoms with Crippen molar-refractivity contribution in [1.82, 2.24) is 4.90 Å². The van der Waals surface area contributed by atoms with Crippen LogP contribution >= 0.6 is 0 Å². The highest BCUT2D eigenvalue weighted by Gasteiger charge is 2.55. The lowest BCUT2D eigenvalue weighted by Gasteiger charge is -2.60. The smallest absolute Gasteiger partial charge is 0.264 e. The predicted molar refractivity (Wildman–Crippen MR) is 79.8 cm³/mol. The highest BCUT2D eigenvalue weighted by Crippen LogP contribution is 2.61. The maximum absolute atomic E-state index is 13.9. The van der Waals surface area contributed by atoms with Crippen LogP contribution in [0, 0.1) is 34.8 Å². The minimum Gasteiger partial charge on any atom is -0.274 e. The minimum atomic E-state index is -0.824. The summed E-state index contributed by atoms with van der Waals surface area (Å²) < 4.78 is 27.8. The van der Waals surface area contributed by atoms with Gasteiger partial charge in [-0.3, -0.25) is 14.5 Å². The standard InChI is InChI=1S/C18H19F2NO2/c1-18(2)10-4-3-9(11(18)7-10)8-21-16(22)14-12(19)5-6-13(20)15(14)17(21)23/h5-6,9-11H,3-4,7-8H2,1-2H3/t9-,10-,11-/m0/s1. The number of carbonyl (C=O) groups excluding carboxylic acids is 2. The van der Waals surface area contributed by atoms with Crippen molar-refractivity contribution in [3.63, 3.8) is 0 Å². The second-order valence-electron chi connectivity index (χ2n) is 7.70. The summed E-state index contributed by atoms with van der Waals surface area (Å²) in [4.78, 5) is 25.9. The van der Waals surface area contributed by atoms with E-state index in [1.165, 1.54) is 0 Å². The summed E-state index contributed by atoms with van der Waals surface area (Å²) in [6.45, 7) is 4.74. The molecule has 0 aromatic heterocycles. The molecule has 3 atom stereocenters. The molecule has 0 unspecified atom stereocenters. The molecule has 1 aromatic rings. The van der Waals surface area contributed by atoms with Crippen molar-refractivity contribution in [2.75, 3.05) is 6.54 Å².